The summed E-state index contributed by atoms with van der Waals surface area (Å²) in [7, 11) is 0. The Labute approximate surface area is 389 Å². The summed E-state index contributed by atoms with van der Waals surface area (Å²) >= 11 is 3.78. The van der Waals surface area contributed by atoms with Crippen molar-refractivity contribution < 1.29 is 4.42 Å². The molecule has 310 valence electrons. The van der Waals surface area contributed by atoms with Gasteiger partial charge in [0.25, 0.3) is 0 Å². The lowest BCUT2D eigenvalue weighted by atomic mass is 9.44. The summed E-state index contributed by atoms with van der Waals surface area (Å²) in [4.78, 5) is 2.66. The third kappa shape index (κ3) is 4.98. The van der Waals surface area contributed by atoms with E-state index in [1.165, 1.54) is 107 Å². The van der Waals surface area contributed by atoms with Crippen molar-refractivity contribution in [1.29, 1.82) is 0 Å². The van der Waals surface area contributed by atoms with Crippen LogP contribution in [0.1, 0.15) is 26.3 Å². The SMILES string of the molecule is CC(C)(C)c1ccc(N2B3c4cc5oc(-c6ccccc6)c(-c6ccccc6)c5cc4-n4c5cc6c(cc5c5ccc(c3c54)-c3cc4c(cc32)sc2ccccc24)sc2ccccc26)cc1. The van der Waals surface area contributed by atoms with Crippen LogP contribution in [0.25, 0.3) is 112 Å². The molecule has 0 N–H and O–H groups in total. The number of benzene rings is 9. The van der Waals surface area contributed by atoms with E-state index >= 15 is 0 Å². The van der Waals surface area contributed by atoms with Gasteiger partial charge in [-0.1, -0.05) is 142 Å². The van der Waals surface area contributed by atoms with E-state index in [9.17, 15) is 0 Å². The van der Waals surface area contributed by atoms with Gasteiger partial charge in [-0.2, -0.15) is 0 Å². The lowest BCUT2D eigenvalue weighted by molar-refractivity contribution is 0.590. The highest BCUT2D eigenvalue weighted by Gasteiger charge is 2.45. The molecule has 0 aliphatic carbocycles. The molecule has 0 amide bonds. The van der Waals surface area contributed by atoms with Crippen molar-refractivity contribution in [2.75, 3.05) is 4.81 Å². The molecule has 3 nitrogen and oxygen atoms in total. The normalized spacial score (nSPS) is 13.3. The maximum atomic E-state index is 7.20. The zero-order valence-corrected chi connectivity index (χ0v) is 38.2. The zero-order chi connectivity index (χ0) is 43.6. The number of hydrogen-bond donors (Lipinski definition) is 0. The Bertz CT molecular complexity index is 4210. The van der Waals surface area contributed by atoms with Crippen molar-refractivity contribution >= 4 is 125 Å². The number of anilines is 2. The molecule has 2 aliphatic rings. The summed E-state index contributed by atoms with van der Waals surface area (Å²) in [6, 6.07) is 68.2. The van der Waals surface area contributed by atoms with Gasteiger partial charge < -0.3 is 13.8 Å². The van der Waals surface area contributed by atoms with Gasteiger partial charge in [0, 0.05) is 90.3 Å². The molecular formula is C60H39BN2OS2. The molecule has 0 saturated heterocycles. The quantitative estimate of drug-likeness (QED) is 0.165. The summed E-state index contributed by atoms with van der Waals surface area (Å²) in [5.74, 6) is 0.891. The maximum Gasteiger partial charge on any atom is 0.333 e. The van der Waals surface area contributed by atoms with Gasteiger partial charge in [0.1, 0.15) is 11.3 Å². The first-order chi connectivity index (χ1) is 32.4. The molecule has 15 rings (SSSR count). The van der Waals surface area contributed by atoms with Crippen LogP contribution in [0.15, 0.2) is 186 Å². The van der Waals surface area contributed by atoms with Crippen LogP contribution < -0.4 is 15.7 Å². The minimum absolute atomic E-state index is 0.0234. The van der Waals surface area contributed by atoms with E-state index < -0.39 is 0 Å². The minimum Gasteiger partial charge on any atom is -0.455 e. The number of hydrogen-bond acceptors (Lipinski definition) is 4. The van der Waals surface area contributed by atoms with Crippen LogP contribution in [0.3, 0.4) is 0 Å². The molecule has 0 unspecified atom stereocenters. The average molecular weight is 879 g/mol. The van der Waals surface area contributed by atoms with Crippen molar-refractivity contribution in [3.8, 4) is 39.3 Å². The fourth-order valence-corrected chi connectivity index (χ4v) is 13.7. The topological polar surface area (TPSA) is 21.3 Å². The molecule has 9 aromatic carbocycles. The van der Waals surface area contributed by atoms with E-state index in [4.69, 9.17) is 4.42 Å². The lowest BCUT2D eigenvalue weighted by Crippen LogP contribution is -2.60. The fourth-order valence-electron chi connectivity index (χ4n) is 11.5. The summed E-state index contributed by atoms with van der Waals surface area (Å²) in [6.45, 7) is 6.75. The highest BCUT2D eigenvalue weighted by molar-refractivity contribution is 7.26. The number of aromatic nitrogens is 1. The highest BCUT2D eigenvalue weighted by Crippen LogP contribution is 2.51. The predicted molar refractivity (Wildman–Crippen MR) is 285 cm³/mol. The zero-order valence-electron chi connectivity index (χ0n) is 36.5. The predicted octanol–water partition coefficient (Wildman–Crippen LogP) is 16.1. The number of rotatable bonds is 3. The highest BCUT2D eigenvalue weighted by atomic mass is 32.1. The molecule has 0 fully saturated rings. The molecular weight excluding hydrogens is 840 g/mol. The van der Waals surface area contributed by atoms with Crippen LogP contribution in [0, 0.1) is 0 Å². The Kier molecular flexibility index (Phi) is 7.34. The average Bonchev–Trinajstić information content (AvgIpc) is 4.10. The number of nitrogens with zero attached hydrogens (tertiary/aromatic N) is 2. The molecule has 0 atom stereocenters. The first-order valence-corrected chi connectivity index (χ1v) is 24.5. The molecule has 2 aliphatic heterocycles. The molecule has 0 spiro atoms. The monoisotopic (exact) mass is 878 g/mol. The van der Waals surface area contributed by atoms with Gasteiger partial charge in [-0.25, -0.2) is 0 Å². The van der Waals surface area contributed by atoms with Crippen LogP contribution in [0.4, 0.5) is 11.4 Å². The van der Waals surface area contributed by atoms with Crippen LogP contribution >= 0.6 is 22.7 Å². The Balaban J connectivity index is 1.12. The van der Waals surface area contributed by atoms with Crippen LogP contribution in [-0.4, -0.2) is 11.4 Å². The van der Waals surface area contributed by atoms with E-state index in [1.54, 1.807) is 0 Å². The Morgan fingerprint density at radius 2 is 1.14 bits per heavy atom. The van der Waals surface area contributed by atoms with Crippen molar-refractivity contribution in [2.24, 2.45) is 0 Å². The second kappa shape index (κ2) is 13.1. The van der Waals surface area contributed by atoms with Crippen LogP contribution in [-0.2, 0) is 5.41 Å². The van der Waals surface area contributed by atoms with Gasteiger partial charge >= 0.3 is 6.85 Å². The first kappa shape index (κ1) is 36.9. The number of fused-ring (bicyclic) bond motifs is 15. The smallest absolute Gasteiger partial charge is 0.333 e. The summed E-state index contributed by atoms with van der Waals surface area (Å²) < 4.78 is 15.1. The van der Waals surface area contributed by atoms with Gasteiger partial charge in [0.15, 0.2) is 0 Å². The molecule has 6 heterocycles. The third-order valence-electron chi connectivity index (χ3n) is 14.5. The molecule has 0 radical (unpaired) electrons. The Morgan fingerprint density at radius 3 is 1.85 bits per heavy atom. The minimum atomic E-state index is -0.146. The summed E-state index contributed by atoms with van der Waals surface area (Å²) in [5.41, 5.74) is 16.8. The molecule has 0 saturated carbocycles. The van der Waals surface area contributed by atoms with E-state index in [2.05, 4.69) is 212 Å². The fraction of sp³-hybridized carbons (Fsp3) is 0.0667. The summed E-state index contributed by atoms with van der Waals surface area (Å²) in [6.07, 6.45) is 0. The van der Waals surface area contributed by atoms with Crippen molar-refractivity contribution in [2.45, 2.75) is 26.2 Å². The largest absolute Gasteiger partial charge is 0.455 e. The van der Waals surface area contributed by atoms with Gasteiger partial charge in [-0.15, -0.1) is 22.7 Å². The molecule has 66 heavy (non-hydrogen) atoms. The molecule has 13 aromatic rings. The Morgan fingerprint density at radius 1 is 0.485 bits per heavy atom. The van der Waals surface area contributed by atoms with Crippen molar-refractivity contribution in [1.82, 2.24) is 4.57 Å². The molecule has 6 heteroatoms. The van der Waals surface area contributed by atoms with E-state index in [0.29, 0.717) is 0 Å². The van der Waals surface area contributed by atoms with Crippen LogP contribution in [0.5, 0.6) is 0 Å². The molecule has 4 aromatic heterocycles. The Hall–Kier alpha value is -7.38. The van der Waals surface area contributed by atoms with E-state index in [0.717, 1.165) is 33.4 Å². The van der Waals surface area contributed by atoms with Gasteiger partial charge in [-0.3, -0.25) is 0 Å². The number of thiophene rings is 2. The summed E-state index contributed by atoms with van der Waals surface area (Å²) in [5, 5.41) is 8.92. The maximum absolute atomic E-state index is 7.20. The van der Waals surface area contributed by atoms with Gasteiger partial charge in [0.2, 0.25) is 0 Å². The third-order valence-corrected chi connectivity index (χ3v) is 16.8. The molecule has 0 bridgehead atoms. The lowest BCUT2D eigenvalue weighted by Gasteiger charge is -2.42. The van der Waals surface area contributed by atoms with Crippen molar-refractivity contribution in [3.63, 3.8) is 0 Å². The standard InChI is InChI=1S/C60H39BN2OS2/c1-60(2,3)36-22-24-37(25-23-36)63-49-33-55-44(38-18-10-12-20-52(38)66-55)28-42(49)40-26-27-41-43-31-54-45(39-19-11-13-21-53(39)65-54)29-48(43)62-50-30-46-51(32-47(50)61(63)57(40)58(41)62)64-59(35-16-8-5-9-17-35)56(46)34-14-6-4-7-15-34/h4-33H,1-3H3. The van der Waals surface area contributed by atoms with Gasteiger partial charge in [0.05, 0.1) is 11.0 Å². The number of furan rings is 1. The first-order valence-electron chi connectivity index (χ1n) is 22.9. The van der Waals surface area contributed by atoms with Crippen molar-refractivity contribution in [3.05, 3.63) is 188 Å². The van der Waals surface area contributed by atoms with Crippen LogP contribution in [0.2, 0.25) is 0 Å². The second-order valence-electron chi connectivity index (χ2n) is 19.2. The van der Waals surface area contributed by atoms with E-state index in [-0.39, 0.29) is 12.3 Å². The van der Waals surface area contributed by atoms with E-state index in [1.807, 2.05) is 22.7 Å². The van der Waals surface area contributed by atoms with Gasteiger partial charge in [-0.05, 0) is 93.7 Å². The second-order valence-corrected chi connectivity index (χ2v) is 21.4.